The second-order valence-electron chi connectivity index (χ2n) is 6.76. The third kappa shape index (κ3) is 3.62. The second-order valence-corrected chi connectivity index (χ2v) is 8.07. The van der Waals surface area contributed by atoms with Crippen molar-refractivity contribution in [2.24, 2.45) is 0 Å². The summed E-state index contributed by atoms with van der Waals surface area (Å²) in [6.45, 7) is 5.85. The van der Waals surface area contributed by atoms with Gasteiger partial charge in [-0.25, -0.2) is 4.98 Å². The SMILES string of the molecule is Cc1cccc(-n2c(SC(C)C(=O)N(C)C)nc3ccccc3c2=O)c1C. The molecule has 27 heavy (non-hydrogen) atoms. The lowest BCUT2D eigenvalue weighted by atomic mass is 10.1. The molecular weight excluding hydrogens is 358 g/mol. The van der Waals surface area contributed by atoms with Crippen LogP contribution >= 0.6 is 11.8 Å². The minimum Gasteiger partial charge on any atom is -0.348 e. The van der Waals surface area contributed by atoms with Gasteiger partial charge in [0.1, 0.15) is 0 Å². The number of fused-ring (bicyclic) bond motifs is 1. The molecule has 3 aromatic rings. The van der Waals surface area contributed by atoms with E-state index in [0.717, 1.165) is 16.8 Å². The summed E-state index contributed by atoms with van der Waals surface area (Å²) in [4.78, 5) is 31.9. The van der Waals surface area contributed by atoms with Crippen LogP contribution in [0.25, 0.3) is 16.6 Å². The van der Waals surface area contributed by atoms with Gasteiger partial charge in [0.15, 0.2) is 5.16 Å². The highest BCUT2D eigenvalue weighted by Gasteiger charge is 2.22. The third-order valence-corrected chi connectivity index (χ3v) is 5.67. The lowest BCUT2D eigenvalue weighted by Crippen LogP contribution is -2.31. The van der Waals surface area contributed by atoms with Crippen molar-refractivity contribution in [3.05, 3.63) is 63.9 Å². The number of rotatable bonds is 4. The Morgan fingerprint density at radius 1 is 1.11 bits per heavy atom. The molecule has 1 aromatic heterocycles. The number of hydrogen-bond acceptors (Lipinski definition) is 4. The number of thioether (sulfide) groups is 1. The summed E-state index contributed by atoms with van der Waals surface area (Å²) in [5, 5.41) is 0.730. The highest BCUT2D eigenvalue weighted by molar-refractivity contribution is 8.00. The minimum absolute atomic E-state index is 0.0186. The lowest BCUT2D eigenvalue weighted by molar-refractivity contribution is -0.127. The number of benzene rings is 2. The van der Waals surface area contributed by atoms with Gasteiger partial charge in [-0.2, -0.15) is 0 Å². The van der Waals surface area contributed by atoms with Gasteiger partial charge in [0.25, 0.3) is 5.56 Å². The maximum absolute atomic E-state index is 13.3. The first-order chi connectivity index (χ1) is 12.8. The average Bonchev–Trinajstić information content (AvgIpc) is 2.64. The molecule has 0 bridgehead atoms. The van der Waals surface area contributed by atoms with Gasteiger partial charge in [-0.3, -0.25) is 14.2 Å². The number of carbonyl (C=O) groups is 1. The Morgan fingerprint density at radius 2 is 1.81 bits per heavy atom. The third-order valence-electron chi connectivity index (χ3n) is 4.63. The number of aryl methyl sites for hydroxylation is 1. The van der Waals surface area contributed by atoms with Gasteiger partial charge in [0, 0.05) is 14.1 Å². The zero-order chi connectivity index (χ0) is 19.7. The van der Waals surface area contributed by atoms with Gasteiger partial charge in [0.2, 0.25) is 5.91 Å². The van der Waals surface area contributed by atoms with Crippen molar-refractivity contribution >= 4 is 28.6 Å². The van der Waals surface area contributed by atoms with Crippen LogP contribution in [0.2, 0.25) is 0 Å². The molecule has 1 atom stereocenters. The first-order valence-corrected chi connectivity index (χ1v) is 9.65. The van der Waals surface area contributed by atoms with E-state index in [9.17, 15) is 9.59 Å². The predicted octanol–water partition coefficient (Wildman–Crippen LogP) is 3.57. The van der Waals surface area contributed by atoms with E-state index in [1.165, 1.54) is 11.8 Å². The van der Waals surface area contributed by atoms with Gasteiger partial charge in [-0.1, -0.05) is 36.0 Å². The van der Waals surface area contributed by atoms with Crippen molar-refractivity contribution in [3.8, 4) is 5.69 Å². The fraction of sp³-hybridized carbons (Fsp3) is 0.286. The molecule has 0 spiro atoms. The quantitative estimate of drug-likeness (QED) is 0.512. The van der Waals surface area contributed by atoms with Gasteiger partial charge < -0.3 is 4.90 Å². The molecule has 0 saturated carbocycles. The van der Waals surface area contributed by atoms with E-state index in [2.05, 4.69) is 0 Å². The summed E-state index contributed by atoms with van der Waals surface area (Å²) in [5.74, 6) is -0.0186. The van der Waals surface area contributed by atoms with Crippen molar-refractivity contribution in [1.82, 2.24) is 14.5 Å². The molecule has 0 aliphatic rings. The Kier molecular flexibility index (Phi) is 5.37. The Labute approximate surface area is 163 Å². The van der Waals surface area contributed by atoms with Crippen LogP contribution in [0.15, 0.2) is 52.4 Å². The van der Waals surface area contributed by atoms with Crippen LogP contribution in [0.1, 0.15) is 18.1 Å². The maximum atomic E-state index is 13.3. The van der Waals surface area contributed by atoms with Crippen LogP contribution in [-0.4, -0.2) is 39.7 Å². The normalized spacial score (nSPS) is 12.2. The van der Waals surface area contributed by atoms with E-state index in [0.29, 0.717) is 16.1 Å². The summed E-state index contributed by atoms with van der Waals surface area (Å²) in [7, 11) is 3.45. The topological polar surface area (TPSA) is 55.2 Å². The van der Waals surface area contributed by atoms with Crippen LogP contribution in [0.4, 0.5) is 0 Å². The molecule has 6 heteroatoms. The summed E-state index contributed by atoms with van der Waals surface area (Å²) in [6, 6.07) is 13.2. The monoisotopic (exact) mass is 381 g/mol. The molecule has 1 unspecified atom stereocenters. The number of nitrogens with zero attached hydrogens (tertiary/aromatic N) is 3. The summed E-state index contributed by atoms with van der Waals surface area (Å²) in [6.07, 6.45) is 0. The number of carbonyl (C=O) groups excluding carboxylic acids is 1. The van der Waals surface area contributed by atoms with E-state index >= 15 is 0 Å². The van der Waals surface area contributed by atoms with Crippen LogP contribution in [0, 0.1) is 13.8 Å². The predicted molar refractivity (Wildman–Crippen MR) is 111 cm³/mol. The highest BCUT2D eigenvalue weighted by Crippen LogP contribution is 2.27. The van der Waals surface area contributed by atoms with Gasteiger partial charge in [-0.15, -0.1) is 0 Å². The number of amides is 1. The number of para-hydroxylation sites is 1. The van der Waals surface area contributed by atoms with Crippen LogP contribution in [0.3, 0.4) is 0 Å². The molecule has 0 aliphatic heterocycles. The van der Waals surface area contributed by atoms with Gasteiger partial charge >= 0.3 is 0 Å². The summed E-state index contributed by atoms with van der Waals surface area (Å²) in [5.41, 5.74) is 3.42. The lowest BCUT2D eigenvalue weighted by Gasteiger charge is -2.20. The molecule has 0 saturated heterocycles. The van der Waals surface area contributed by atoms with E-state index < -0.39 is 0 Å². The molecule has 1 amide bonds. The Hall–Kier alpha value is -2.60. The second kappa shape index (κ2) is 7.56. The van der Waals surface area contributed by atoms with Crippen LogP contribution in [0.5, 0.6) is 0 Å². The fourth-order valence-electron chi connectivity index (χ4n) is 2.95. The zero-order valence-electron chi connectivity index (χ0n) is 16.2. The van der Waals surface area contributed by atoms with Gasteiger partial charge in [0.05, 0.1) is 21.8 Å². The van der Waals surface area contributed by atoms with E-state index in [4.69, 9.17) is 4.98 Å². The maximum Gasteiger partial charge on any atom is 0.266 e. The van der Waals surface area contributed by atoms with Crippen molar-refractivity contribution < 1.29 is 4.79 Å². The molecule has 0 N–H and O–H groups in total. The van der Waals surface area contributed by atoms with Crippen LogP contribution < -0.4 is 5.56 Å². The molecule has 2 aromatic carbocycles. The smallest absolute Gasteiger partial charge is 0.266 e. The Bertz CT molecular complexity index is 1070. The van der Waals surface area contributed by atoms with Crippen molar-refractivity contribution in [1.29, 1.82) is 0 Å². The van der Waals surface area contributed by atoms with Crippen LogP contribution in [-0.2, 0) is 4.79 Å². The number of aromatic nitrogens is 2. The molecule has 1 heterocycles. The zero-order valence-corrected chi connectivity index (χ0v) is 17.0. The van der Waals surface area contributed by atoms with Crippen molar-refractivity contribution in [3.63, 3.8) is 0 Å². The van der Waals surface area contributed by atoms with E-state index in [-0.39, 0.29) is 16.7 Å². The Balaban J connectivity index is 2.26. The minimum atomic E-state index is -0.357. The molecule has 140 valence electrons. The van der Waals surface area contributed by atoms with E-state index in [1.54, 1.807) is 29.6 Å². The molecular formula is C21H23N3O2S. The molecule has 3 rings (SSSR count). The van der Waals surface area contributed by atoms with Crippen molar-refractivity contribution in [2.45, 2.75) is 31.2 Å². The first-order valence-electron chi connectivity index (χ1n) is 8.77. The molecule has 5 nitrogen and oxygen atoms in total. The average molecular weight is 382 g/mol. The van der Waals surface area contributed by atoms with E-state index in [1.807, 2.05) is 57.2 Å². The fourth-order valence-corrected chi connectivity index (χ4v) is 4.02. The summed E-state index contributed by atoms with van der Waals surface area (Å²) >= 11 is 1.31. The first kappa shape index (κ1) is 19.2. The van der Waals surface area contributed by atoms with Gasteiger partial charge in [-0.05, 0) is 50.1 Å². The molecule has 0 aliphatic carbocycles. The summed E-state index contributed by atoms with van der Waals surface area (Å²) < 4.78 is 1.63. The van der Waals surface area contributed by atoms with Crippen molar-refractivity contribution in [2.75, 3.05) is 14.1 Å². The highest BCUT2D eigenvalue weighted by atomic mass is 32.2. The standard InChI is InChI=1S/C21H23N3O2S/c1-13-9-8-12-18(14(13)2)24-20(26)16-10-6-7-11-17(16)22-21(24)27-15(3)19(25)23(4)5/h6-12,15H,1-5H3. The number of hydrogen-bond donors (Lipinski definition) is 0. The molecule has 0 radical (unpaired) electrons. The Morgan fingerprint density at radius 3 is 2.52 bits per heavy atom. The largest absolute Gasteiger partial charge is 0.348 e. The molecule has 0 fully saturated rings.